The van der Waals surface area contributed by atoms with Crippen molar-refractivity contribution in [1.29, 1.82) is 0 Å². The molecule has 0 radical (unpaired) electrons. The number of furan rings is 1. The molecule has 3 nitrogen and oxygen atoms in total. The van der Waals surface area contributed by atoms with E-state index in [0.29, 0.717) is 0 Å². The molecule has 2 heterocycles. The first kappa shape index (κ1) is 11.2. The zero-order valence-corrected chi connectivity index (χ0v) is 10.8. The van der Waals surface area contributed by atoms with Gasteiger partial charge in [0.15, 0.2) is 0 Å². The van der Waals surface area contributed by atoms with Crippen molar-refractivity contribution in [2.75, 3.05) is 10.6 Å². The standard InChI is InChI=1S/C17H14N2O/c1-4-12-5-2-8-15-17(12)14(7-1)18-16(19-15)10-9-13-6-3-11-20-13/h1-11,16,18-19H/b10-9-. The van der Waals surface area contributed by atoms with Gasteiger partial charge in [0.05, 0.1) is 6.26 Å². The zero-order chi connectivity index (χ0) is 13.4. The molecule has 2 N–H and O–H groups in total. The SMILES string of the molecule is C(=C/C1Nc2cccc3cccc(c23)N1)/c1ccco1. The van der Waals surface area contributed by atoms with Gasteiger partial charge in [-0.05, 0) is 41.8 Å². The summed E-state index contributed by atoms with van der Waals surface area (Å²) in [6.07, 6.45) is 5.77. The summed E-state index contributed by atoms with van der Waals surface area (Å²) in [6, 6.07) is 16.5. The second-order valence-electron chi connectivity index (χ2n) is 4.85. The maximum Gasteiger partial charge on any atom is 0.126 e. The first-order valence-electron chi connectivity index (χ1n) is 6.67. The third kappa shape index (κ3) is 1.84. The number of rotatable bonds is 2. The fraction of sp³-hybridized carbons (Fsp3) is 0.0588. The van der Waals surface area contributed by atoms with E-state index in [9.17, 15) is 0 Å². The molecule has 0 saturated heterocycles. The van der Waals surface area contributed by atoms with Gasteiger partial charge in [0, 0.05) is 16.8 Å². The average Bonchev–Trinajstić information content (AvgIpc) is 2.99. The van der Waals surface area contributed by atoms with Crippen molar-refractivity contribution in [3.05, 3.63) is 66.6 Å². The highest BCUT2D eigenvalue weighted by molar-refractivity contribution is 6.04. The largest absolute Gasteiger partial charge is 0.465 e. The van der Waals surface area contributed by atoms with Crippen LogP contribution in [0.3, 0.4) is 0 Å². The van der Waals surface area contributed by atoms with E-state index in [1.54, 1.807) is 6.26 Å². The maximum absolute atomic E-state index is 5.31. The fourth-order valence-electron chi connectivity index (χ4n) is 2.63. The molecular formula is C17H14N2O. The summed E-state index contributed by atoms with van der Waals surface area (Å²) < 4.78 is 5.31. The topological polar surface area (TPSA) is 37.2 Å². The van der Waals surface area contributed by atoms with Crippen molar-refractivity contribution in [3.8, 4) is 0 Å². The summed E-state index contributed by atoms with van der Waals surface area (Å²) in [4.78, 5) is 0. The molecular weight excluding hydrogens is 248 g/mol. The van der Waals surface area contributed by atoms with Crippen molar-refractivity contribution in [2.24, 2.45) is 0 Å². The van der Waals surface area contributed by atoms with Crippen LogP contribution in [0.25, 0.3) is 16.8 Å². The Balaban J connectivity index is 1.69. The van der Waals surface area contributed by atoms with Crippen LogP contribution in [-0.2, 0) is 0 Å². The van der Waals surface area contributed by atoms with E-state index in [1.807, 2.05) is 18.2 Å². The molecule has 0 aliphatic carbocycles. The Morgan fingerprint density at radius 3 is 2.30 bits per heavy atom. The molecule has 20 heavy (non-hydrogen) atoms. The summed E-state index contributed by atoms with van der Waals surface area (Å²) in [5, 5.41) is 9.46. The first-order chi connectivity index (χ1) is 9.90. The van der Waals surface area contributed by atoms with E-state index in [2.05, 4.69) is 53.1 Å². The Labute approximate surface area is 116 Å². The molecule has 0 bridgehead atoms. The number of anilines is 2. The summed E-state index contributed by atoms with van der Waals surface area (Å²) in [6.45, 7) is 0. The smallest absolute Gasteiger partial charge is 0.126 e. The number of hydrogen-bond donors (Lipinski definition) is 2. The van der Waals surface area contributed by atoms with Crippen molar-refractivity contribution >= 4 is 28.2 Å². The van der Waals surface area contributed by atoms with Crippen LogP contribution in [0.5, 0.6) is 0 Å². The first-order valence-corrected chi connectivity index (χ1v) is 6.67. The molecule has 1 aromatic heterocycles. The van der Waals surface area contributed by atoms with Crippen molar-refractivity contribution in [3.63, 3.8) is 0 Å². The predicted molar refractivity (Wildman–Crippen MR) is 82.7 cm³/mol. The summed E-state index contributed by atoms with van der Waals surface area (Å²) >= 11 is 0. The van der Waals surface area contributed by atoms with Crippen LogP contribution in [0.1, 0.15) is 5.76 Å². The lowest BCUT2D eigenvalue weighted by Crippen LogP contribution is -2.29. The van der Waals surface area contributed by atoms with E-state index in [-0.39, 0.29) is 6.17 Å². The molecule has 1 aliphatic rings. The minimum absolute atomic E-state index is 0.0561. The normalized spacial score (nSPS) is 14.4. The van der Waals surface area contributed by atoms with Crippen molar-refractivity contribution < 1.29 is 4.42 Å². The third-order valence-electron chi connectivity index (χ3n) is 3.52. The van der Waals surface area contributed by atoms with Gasteiger partial charge in [0.2, 0.25) is 0 Å². The Morgan fingerprint density at radius 2 is 1.65 bits per heavy atom. The van der Waals surface area contributed by atoms with Crippen LogP contribution in [0.2, 0.25) is 0 Å². The van der Waals surface area contributed by atoms with Crippen LogP contribution in [-0.4, -0.2) is 6.17 Å². The van der Waals surface area contributed by atoms with Gasteiger partial charge < -0.3 is 15.1 Å². The molecule has 0 saturated carbocycles. The van der Waals surface area contributed by atoms with E-state index in [0.717, 1.165) is 17.1 Å². The Kier molecular flexibility index (Phi) is 2.49. The van der Waals surface area contributed by atoms with Crippen LogP contribution >= 0.6 is 0 Å². The maximum atomic E-state index is 5.31. The molecule has 3 heteroatoms. The zero-order valence-electron chi connectivity index (χ0n) is 10.8. The van der Waals surface area contributed by atoms with E-state index in [4.69, 9.17) is 4.42 Å². The number of benzene rings is 2. The average molecular weight is 262 g/mol. The minimum atomic E-state index is 0.0561. The molecule has 2 aromatic carbocycles. The van der Waals surface area contributed by atoms with Gasteiger partial charge >= 0.3 is 0 Å². The molecule has 0 spiro atoms. The molecule has 98 valence electrons. The van der Waals surface area contributed by atoms with Gasteiger partial charge in [-0.2, -0.15) is 0 Å². The lowest BCUT2D eigenvalue weighted by atomic mass is 10.0. The molecule has 0 unspecified atom stereocenters. The van der Waals surface area contributed by atoms with Crippen molar-refractivity contribution in [2.45, 2.75) is 6.17 Å². The Hall–Kier alpha value is -2.68. The van der Waals surface area contributed by atoms with Gasteiger partial charge in [-0.3, -0.25) is 0 Å². The second-order valence-corrected chi connectivity index (χ2v) is 4.85. The minimum Gasteiger partial charge on any atom is -0.465 e. The second kappa shape index (κ2) is 4.46. The van der Waals surface area contributed by atoms with E-state index >= 15 is 0 Å². The van der Waals surface area contributed by atoms with Gasteiger partial charge in [0.25, 0.3) is 0 Å². The highest BCUT2D eigenvalue weighted by Gasteiger charge is 2.16. The quantitative estimate of drug-likeness (QED) is 0.722. The van der Waals surface area contributed by atoms with Crippen LogP contribution in [0.4, 0.5) is 11.4 Å². The van der Waals surface area contributed by atoms with Crippen molar-refractivity contribution in [1.82, 2.24) is 0 Å². The fourth-order valence-corrected chi connectivity index (χ4v) is 2.63. The van der Waals surface area contributed by atoms with E-state index < -0.39 is 0 Å². The molecule has 3 aromatic rings. The lowest BCUT2D eigenvalue weighted by molar-refractivity contribution is 0.557. The molecule has 4 rings (SSSR count). The van der Waals surface area contributed by atoms with Crippen LogP contribution in [0, 0.1) is 0 Å². The highest BCUT2D eigenvalue weighted by Crippen LogP contribution is 2.34. The van der Waals surface area contributed by atoms with Gasteiger partial charge in [-0.25, -0.2) is 0 Å². The molecule has 1 aliphatic heterocycles. The van der Waals surface area contributed by atoms with Gasteiger partial charge in [0.1, 0.15) is 11.9 Å². The molecule has 0 amide bonds. The van der Waals surface area contributed by atoms with Crippen LogP contribution in [0.15, 0.2) is 65.3 Å². The number of hydrogen-bond acceptors (Lipinski definition) is 3. The predicted octanol–water partition coefficient (Wildman–Crippen LogP) is 4.31. The van der Waals surface area contributed by atoms with Crippen LogP contribution < -0.4 is 10.6 Å². The van der Waals surface area contributed by atoms with Gasteiger partial charge in [-0.15, -0.1) is 0 Å². The Morgan fingerprint density at radius 1 is 0.900 bits per heavy atom. The monoisotopic (exact) mass is 262 g/mol. The Bertz CT molecular complexity index is 734. The third-order valence-corrected chi connectivity index (χ3v) is 3.52. The van der Waals surface area contributed by atoms with Gasteiger partial charge in [-0.1, -0.05) is 24.3 Å². The summed E-state index contributed by atoms with van der Waals surface area (Å²) in [5.41, 5.74) is 2.32. The lowest BCUT2D eigenvalue weighted by Gasteiger charge is -2.27. The van der Waals surface area contributed by atoms with E-state index in [1.165, 1.54) is 10.8 Å². The molecule has 0 fully saturated rings. The highest BCUT2D eigenvalue weighted by atomic mass is 16.3. The number of nitrogens with one attached hydrogen (secondary N) is 2. The summed E-state index contributed by atoms with van der Waals surface area (Å²) in [5.74, 6) is 0.852. The molecule has 0 atom stereocenters. The summed E-state index contributed by atoms with van der Waals surface area (Å²) in [7, 11) is 0.